The van der Waals surface area contributed by atoms with E-state index in [1.807, 2.05) is 32.5 Å². The number of Topliss-reactive ketones (excluding diaryl/α,β-unsaturated/α-hetero) is 1. The third-order valence-electron chi connectivity index (χ3n) is 1.95. The Morgan fingerprint density at radius 2 is 2.25 bits per heavy atom. The summed E-state index contributed by atoms with van der Waals surface area (Å²) in [5.74, 6) is 1.51. The highest BCUT2D eigenvalue weighted by atomic mass is 32.2. The molecule has 2 heteroatoms. The van der Waals surface area contributed by atoms with Crippen molar-refractivity contribution in [2.75, 3.05) is 5.75 Å². The zero-order valence-electron chi connectivity index (χ0n) is 8.02. The summed E-state index contributed by atoms with van der Waals surface area (Å²) in [5.41, 5.74) is -0.177. The third-order valence-corrected chi connectivity index (χ3v) is 3.07. The summed E-state index contributed by atoms with van der Waals surface area (Å²) in [5, 5.41) is 0. The van der Waals surface area contributed by atoms with Crippen molar-refractivity contribution in [3.8, 4) is 0 Å². The molecule has 1 nitrogen and oxygen atoms in total. The average molecular weight is 184 g/mol. The first-order valence-corrected chi connectivity index (χ1v) is 5.34. The molecule has 0 saturated carbocycles. The Labute approximate surface area is 78.6 Å². The first-order chi connectivity index (χ1) is 5.50. The quantitative estimate of drug-likeness (QED) is 0.656. The van der Waals surface area contributed by atoms with Crippen molar-refractivity contribution in [1.29, 1.82) is 0 Å². The Morgan fingerprint density at radius 1 is 1.58 bits per heavy atom. The molecule has 0 bridgehead atoms. The fraction of sp³-hybridized carbons (Fsp3) is 0.700. The van der Waals surface area contributed by atoms with E-state index in [1.165, 1.54) is 4.91 Å². The standard InChI is InChI=1S/C10H16OS/c1-10(2,3)9(11)7-8-5-4-6-12-8/h5H,4,6-7H2,1-3H3. The molecule has 0 spiro atoms. The molecule has 0 saturated heterocycles. The highest BCUT2D eigenvalue weighted by molar-refractivity contribution is 8.03. The molecule has 0 radical (unpaired) electrons. The van der Waals surface area contributed by atoms with Crippen LogP contribution in [0.15, 0.2) is 11.0 Å². The molecule has 0 aromatic carbocycles. The van der Waals surface area contributed by atoms with E-state index in [1.54, 1.807) is 0 Å². The maximum absolute atomic E-state index is 11.6. The lowest BCUT2D eigenvalue weighted by Gasteiger charge is -2.16. The Balaban J connectivity index is 2.46. The monoisotopic (exact) mass is 184 g/mol. The van der Waals surface area contributed by atoms with Gasteiger partial charge in [-0.25, -0.2) is 0 Å². The van der Waals surface area contributed by atoms with Gasteiger partial charge in [0.25, 0.3) is 0 Å². The number of carbonyl (C=O) groups is 1. The van der Waals surface area contributed by atoms with Crippen LogP contribution in [-0.4, -0.2) is 11.5 Å². The molecule has 68 valence electrons. The minimum absolute atomic E-state index is 0.177. The number of ketones is 1. The van der Waals surface area contributed by atoms with Gasteiger partial charge in [0.15, 0.2) is 0 Å². The highest BCUT2D eigenvalue weighted by Crippen LogP contribution is 2.30. The van der Waals surface area contributed by atoms with Crippen LogP contribution >= 0.6 is 11.8 Å². The van der Waals surface area contributed by atoms with Crippen LogP contribution in [0.25, 0.3) is 0 Å². The van der Waals surface area contributed by atoms with Crippen molar-refractivity contribution >= 4 is 17.5 Å². The normalized spacial score (nSPS) is 17.8. The molecular weight excluding hydrogens is 168 g/mol. The molecular formula is C10H16OS. The first kappa shape index (κ1) is 9.85. The summed E-state index contributed by atoms with van der Waals surface area (Å²) < 4.78 is 0. The lowest BCUT2D eigenvalue weighted by atomic mass is 9.89. The number of rotatable bonds is 2. The Morgan fingerprint density at radius 3 is 2.67 bits per heavy atom. The largest absolute Gasteiger partial charge is 0.299 e. The molecule has 0 aromatic heterocycles. The van der Waals surface area contributed by atoms with Crippen LogP contribution in [0, 0.1) is 5.41 Å². The molecule has 0 aromatic rings. The second-order valence-corrected chi connectivity index (χ2v) is 5.38. The van der Waals surface area contributed by atoms with E-state index < -0.39 is 0 Å². The molecule has 0 atom stereocenters. The number of thioether (sulfide) groups is 1. The lowest BCUT2D eigenvalue weighted by Crippen LogP contribution is -2.19. The Kier molecular flexibility index (Phi) is 2.99. The molecule has 0 N–H and O–H groups in total. The molecule has 1 rings (SSSR count). The van der Waals surface area contributed by atoms with Crippen LogP contribution in [0.1, 0.15) is 33.6 Å². The van der Waals surface area contributed by atoms with Gasteiger partial charge in [-0.15, -0.1) is 11.8 Å². The van der Waals surface area contributed by atoms with Crippen molar-refractivity contribution in [2.45, 2.75) is 33.6 Å². The molecule has 0 aliphatic carbocycles. The predicted octanol–water partition coefficient (Wildman–Crippen LogP) is 3.01. The van der Waals surface area contributed by atoms with Gasteiger partial charge in [-0.3, -0.25) is 4.79 Å². The van der Waals surface area contributed by atoms with E-state index in [4.69, 9.17) is 0 Å². The minimum Gasteiger partial charge on any atom is -0.299 e. The number of hydrogen-bond acceptors (Lipinski definition) is 2. The molecule has 0 fully saturated rings. The van der Waals surface area contributed by atoms with Crippen molar-refractivity contribution in [2.24, 2.45) is 5.41 Å². The van der Waals surface area contributed by atoms with Crippen molar-refractivity contribution < 1.29 is 4.79 Å². The molecule has 0 amide bonds. The van der Waals surface area contributed by atoms with E-state index in [0.717, 1.165) is 12.2 Å². The van der Waals surface area contributed by atoms with Gasteiger partial charge >= 0.3 is 0 Å². The third kappa shape index (κ3) is 2.67. The smallest absolute Gasteiger partial charge is 0.143 e. The van der Waals surface area contributed by atoms with E-state index >= 15 is 0 Å². The first-order valence-electron chi connectivity index (χ1n) is 4.35. The number of allylic oxidation sites excluding steroid dienone is 2. The zero-order valence-corrected chi connectivity index (χ0v) is 8.83. The molecule has 0 unspecified atom stereocenters. The summed E-state index contributed by atoms with van der Waals surface area (Å²) in [4.78, 5) is 12.8. The highest BCUT2D eigenvalue weighted by Gasteiger charge is 2.22. The van der Waals surface area contributed by atoms with Crippen molar-refractivity contribution in [3.05, 3.63) is 11.0 Å². The van der Waals surface area contributed by atoms with E-state index in [-0.39, 0.29) is 5.41 Å². The van der Waals surface area contributed by atoms with E-state index in [2.05, 4.69) is 6.08 Å². The SMILES string of the molecule is CC(C)(C)C(=O)CC1=CCCS1. The second kappa shape index (κ2) is 3.65. The summed E-state index contributed by atoms with van der Waals surface area (Å²) in [6, 6.07) is 0. The predicted molar refractivity (Wildman–Crippen MR) is 54.2 cm³/mol. The van der Waals surface area contributed by atoms with Gasteiger partial charge in [-0.05, 0) is 11.3 Å². The Hall–Kier alpha value is -0.240. The van der Waals surface area contributed by atoms with Gasteiger partial charge < -0.3 is 0 Å². The van der Waals surface area contributed by atoms with E-state index in [9.17, 15) is 4.79 Å². The minimum atomic E-state index is -0.177. The lowest BCUT2D eigenvalue weighted by molar-refractivity contribution is -0.125. The van der Waals surface area contributed by atoms with E-state index in [0.29, 0.717) is 12.2 Å². The molecule has 12 heavy (non-hydrogen) atoms. The van der Waals surface area contributed by atoms with Crippen LogP contribution < -0.4 is 0 Å². The topological polar surface area (TPSA) is 17.1 Å². The maximum atomic E-state index is 11.6. The van der Waals surface area contributed by atoms with Crippen molar-refractivity contribution in [3.63, 3.8) is 0 Å². The van der Waals surface area contributed by atoms with Gasteiger partial charge in [-0.1, -0.05) is 26.8 Å². The van der Waals surface area contributed by atoms with Gasteiger partial charge in [0.1, 0.15) is 5.78 Å². The molecule has 1 heterocycles. The fourth-order valence-corrected chi connectivity index (χ4v) is 1.98. The number of carbonyl (C=O) groups excluding carboxylic acids is 1. The van der Waals surface area contributed by atoms with Crippen LogP contribution in [0.4, 0.5) is 0 Å². The summed E-state index contributed by atoms with van der Waals surface area (Å²) in [6.07, 6.45) is 3.97. The summed E-state index contributed by atoms with van der Waals surface area (Å²) in [7, 11) is 0. The molecule has 1 aliphatic rings. The van der Waals surface area contributed by atoms with Crippen LogP contribution in [0.2, 0.25) is 0 Å². The average Bonchev–Trinajstić information content (AvgIpc) is 2.37. The summed E-state index contributed by atoms with van der Waals surface area (Å²) in [6.45, 7) is 5.94. The van der Waals surface area contributed by atoms with Gasteiger partial charge in [0.2, 0.25) is 0 Å². The van der Waals surface area contributed by atoms with Gasteiger partial charge in [0.05, 0.1) is 0 Å². The maximum Gasteiger partial charge on any atom is 0.143 e. The Bertz CT molecular complexity index is 210. The van der Waals surface area contributed by atoms with Crippen molar-refractivity contribution in [1.82, 2.24) is 0 Å². The summed E-state index contributed by atoms with van der Waals surface area (Å²) >= 11 is 1.83. The van der Waals surface area contributed by atoms with Crippen LogP contribution in [-0.2, 0) is 4.79 Å². The van der Waals surface area contributed by atoms with Crippen LogP contribution in [0.5, 0.6) is 0 Å². The second-order valence-electron chi connectivity index (χ2n) is 4.16. The van der Waals surface area contributed by atoms with Crippen LogP contribution in [0.3, 0.4) is 0 Å². The van der Waals surface area contributed by atoms with Gasteiger partial charge in [-0.2, -0.15) is 0 Å². The molecule has 1 aliphatic heterocycles. The fourth-order valence-electron chi connectivity index (χ4n) is 1.02. The van der Waals surface area contributed by atoms with Gasteiger partial charge in [0, 0.05) is 17.6 Å². The number of hydrogen-bond donors (Lipinski definition) is 0. The zero-order chi connectivity index (χ0) is 9.19.